The Hall–Kier alpha value is -4.86. The first kappa shape index (κ1) is 20.4. The first-order valence-electron chi connectivity index (χ1n) is 9.41. The summed E-state index contributed by atoms with van der Waals surface area (Å²) in [5.41, 5.74) is 0.510. The molecule has 0 saturated carbocycles. The van der Waals surface area contributed by atoms with Crippen molar-refractivity contribution in [1.29, 1.82) is 0 Å². The fourth-order valence-corrected chi connectivity index (χ4v) is 2.96. The quantitative estimate of drug-likeness (QED) is 0.484. The number of hydrogen-bond donors (Lipinski definition) is 1. The Kier molecular flexibility index (Phi) is 5.66. The van der Waals surface area contributed by atoms with E-state index in [1.165, 1.54) is 4.57 Å². The van der Waals surface area contributed by atoms with Gasteiger partial charge in [0.05, 0.1) is 23.8 Å². The molecule has 2 amide bonds. The zero-order chi connectivity index (χ0) is 22.5. The van der Waals surface area contributed by atoms with E-state index < -0.39 is 12.2 Å². The molecule has 0 bridgehead atoms. The average Bonchev–Trinajstić information content (AvgIpc) is 2.81. The van der Waals surface area contributed by atoms with Crippen LogP contribution in [-0.4, -0.2) is 32.2 Å². The lowest BCUT2D eigenvalue weighted by molar-refractivity contribution is -0.603. The minimum Gasteiger partial charge on any atom is -0.529 e. The van der Waals surface area contributed by atoms with Crippen LogP contribution in [0.4, 0.5) is 32.9 Å². The van der Waals surface area contributed by atoms with Crippen molar-refractivity contribution in [2.45, 2.75) is 0 Å². The van der Waals surface area contributed by atoms with Crippen LogP contribution in [0.1, 0.15) is 0 Å². The third kappa shape index (κ3) is 4.19. The van der Waals surface area contributed by atoms with Crippen LogP contribution < -0.4 is 19.5 Å². The van der Waals surface area contributed by atoms with Crippen LogP contribution in [0.25, 0.3) is 5.95 Å². The third-order valence-corrected chi connectivity index (χ3v) is 4.35. The maximum absolute atomic E-state index is 12.1. The summed E-state index contributed by atoms with van der Waals surface area (Å²) in [5.74, 6) is -0.563. The van der Waals surface area contributed by atoms with E-state index in [1.807, 2.05) is 0 Å². The summed E-state index contributed by atoms with van der Waals surface area (Å²) in [6, 6.07) is 21.5. The van der Waals surface area contributed by atoms with Gasteiger partial charge in [0.25, 0.3) is 0 Å². The maximum Gasteiger partial charge on any atom is 0.444 e. The Morgan fingerprint density at radius 3 is 1.69 bits per heavy atom. The predicted molar refractivity (Wildman–Crippen MR) is 112 cm³/mol. The predicted octanol–water partition coefficient (Wildman–Crippen LogP) is 2.45. The summed E-state index contributed by atoms with van der Waals surface area (Å²) < 4.78 is 1.51. The summed E-state index contributed by atoms with van der Waals surface area (Å²) in [6.45, 7) is 0. The van der Waals surface area contributed by atoms with Gasteiger partial charge in [0.2, 0.25) is 0 Å². The number of para-hydroxylation sites is 2. The highest BCUT2D eigenvalue weighted by molar-refractivity contribution is 5.94. The molecule has 0 fully saturated rings. The number of hydrogen-bond acceptors (Lipinski definition) is 6. The number of nitrogens with zero attached hydrogens (tertiary/aromatic N) is 6. The SMILES string of the molecule is O=C([O-])N(c1ccccc1)c1nc(N(C(=O)O)c2ccccc2)nc(-[n+]2ccccc2)n1. The van der Waals surface area contributed by atoms with E-state index in [0.717, 1.165) is 9.80 Å². The third-order valence-electron chi connectivity index (χ3n) is 4.35. The summed E-state index contributed by atoms with van der Waals surface area (Å²) in [4.78, 5) is 38.4. The lowest BCUT2D eigenvalue weighted by atomic mass is 10.3. The summed E-state index contributed by atoms with van der Waals surface area (Å²) in [6.07, 6.45) is 0.348. The van der Waals surface area contributed by atoms with Gasteiger partial charge in [-0.3, -0.25) is 4.90 Å². The Morgan fingerprint density at radius 2 is 1.19 bits per heavy atom. The van der Waals surface area contributed by atoms with Crippen LogP contribution in [-0.2, 0) is 0 Å². The molecule has 0 radical (unpaired) electrons. The van der Waals surface area contributed by atoms with Gasteiger partial charge in [0.1, 0.15) is 6.09 Å². The minimum atomic E-state index is -1.58. The molecule has 2 heterocycles. The molecule has 2 aromatic carbocycles. The zero-order valence-corrected chi connectivity index (χ0v) is 16.5. The average molecular weight is 428 g/mol. The van der Waals surface area contributed by atoms with Crippen molar-refractivity contribution < 1.29 is 24.4 Å². The highest BCUT2D eigenvalue weighted by Crippen LogP contribution is 2.27. The molecule has 2 aromatic heterocycles. The number of rotatable bonds is 5. The highest BCUT2D eigenvalue weighted by atomic mass is 16.4. The van der Waals surface area contributed by atoms with Gasteiger partial charge in [-0.2, -0.15) is 4.90 Å². The van der Waals surface area contributed by atoms with E-state index in [2.05, 4.69) is 15.0 Å². The van der Waals surface area contributed by atoms with Crippen LogP contribution in [0, 0.1) is 0 Å². The first-order chi connectivity index (χ1) is 15.5. The molecule has 0 atom stereocenters. The lowest BCUT2D eigenvalue weighted by Crippen LogP contribution is -2.41. The number of amides is 2. The van der Waals surface area contributed by atoms with Gasteiger partial charge in [-0.05, 0) is 46.4 Å². The fraction of sp³-hybridized carbons (Fsp3) is 0. The first-order valence-corrected chi connectivity index (χ1v) is 9.41. The van der Waals surface area contributed by atoms with Crippen molar-refractivity contribution in [1.82, 2.24) is 15.0 Å². The Morgan fingerprint density at radius 1 is 0.719 bits per heavy atom. The lowest BCUT2D eigenvalue weighted by Gasteiger charge is -2.22. The van der Waals surface area contributed by atoms with E-state index >= 15 is 0 Å². The topological polar surface area (TPSA) is 126 Å². The van der Waals surface area contributed by atoms with Crippen molar-refractivity contribution in [2.75, 3.05) is 9.80 Å². The molecule has 4 aromatic rings. The molecular formula is C22H16N6O4. The van der Waals surface area contributed by atoms with E-state index in [0.29, 0.717) is 0 Å². The van der Waals surface area contributed by atoms with Gasteiger partial charge in [0.15, 0.2) is 0 Å². The van der Waals surface area contributed by atoms with Gasteiger partial charge in [-0.15, -0.1) is 4.98 Å². The largest absolute Gasteiger partial charge is 0.529 e. The monoisotopic (exact) mass is 428 g/mol. The number of aromatic nitrogens is 4. The molecular weight excluding hydrogens is 412 g/mol. The Balaban J connectivity index is 1.94. The van der Waals surface area contributed by atoms with Gasteiger partial charge >= 0.3 is 23.9 Å². The molecule has 0 aliphatic carbocycles. The van der Waals surface area contributed by atoms with Crippen LogP contribution >= 0.6 is 0 Å². The second-order valence-electron chi connectivity index (χ2n) is 6.41. The Bertz CT molecular complexity index is 1160. The molecule has 158 valence electrons. The number of carboxylic acid groups (broad SMARTS) is 2. The molecule has 4 rings (SSSR count). The molecule has 1 N–H and O–H groups in total. The molecule has 0 aliphatic heterocycles. The molecule has 32 heavy (non-hydrogen) atoms. The molecule has 0 unspecified atom stereocenters. The second-order valence-corrected chi connectivity index (χ2v) is 6.41. The fourth-order valence-electron chi connectivity index (χ4n) is 2.96. The van der Waals surface area contributed by atoms with E-state index in [1.54, 1.807) is 91.3 Å². The normalized spacial score (nSPS) is 10.4. The van der Waals surface area contributed by atoms with Crippen molar-refractivity contribution in [3.05, 3.63) is 91.3 Å². The highest BCUT2D eigenvalue weighted by Gasteiger charge is 2.30. The summed E-state index contributed by atoms with van der Waals surface area (Å²) >= 11 is 0. The van der Waals surface area contributed by atoms with Crippen molar-refractivity contribution in [2.24, 2.45) is 0 Å². The van der Waals surface area contributed by atoms with E-state index in [4.69, 9.17) is 0 Å². The van der Waals surface area contributed by atoms with E-state index in [9.17, 15) is 19.8 Å². The molecule has 0 saturated heterocycles. The van der Waals surface area contributed by atoms with Crippen molar-refractivity contribution >= 4 is 35.5 Å². The zero-order valence-electron chi connectivity index (χ0n) is 16.5. The number of anilines is 4. The van der Waals surface area contributed by atoms with Crippen LogP contribution in [0.5, 0.6) is 0 Å². The standard InChI is InChI=1S/C22H16N6O4/c29-21(30)27(16-10-4-1-5-11-16)19-23-18(26-14-8-3-9-15-26)24-20(25-19)28(22(31)32)17-12-6-2-7-13-17/h1-15H,(H-,29,30,31,32). The molecule has 0 aliphatic rings. The molecule has 10 nitrogen and oxygen atoms in total. The van der Waals surface area contributed by atoms with Gasteiger partial charge in [-0.1, -0.05) is 42.5 Å². The smallest absolute Gasteiger partial charge is 0.444 e. The molecule has 0 spiro atoms. The number of carbonyl (C=O) groups excluding carboxylic acids is 1. The van der Waals surface area contributed by atoms with Gasteiger partial charge in [0, 0.05) is 0 Å². The maximum atomic E-state index is 12.1. The number of benzene rings is 2. The van der Waals surface area contributed by atoms with Crippen LogP contribution in [0.2, 0.25) is 0 Å². The number of carbonyl (C=O) groups is 2. The Labute approximate surface area is 182 Å². The van der Waals surface area contributed by atoms with Crippen molar-refractivity contribution in [3.63, 3.8) is 0 Å². The van der Waals surface area contributed by atoms with Crippen molar-refractivity contribution in [3.8, 4) is 5.95 Å². The van der Waals surface area contributed by atoms with Crippen LogP contribution in [0.3, 0.4) is 0 Å². The minimum absolute atomic E-state index is 0.0231. The van der Waals surface area contributed by atoms with Gasteiger partial charge in [-0.25, -0.2) is 9.36 Å². The summed E-state index contributed by atoms with van der Waals surface area (Å²) in [5, 5.41) is 21.9. The summed E-state index contributed by atoms with van der Waals surface area (Å²) in [7, 11) is 0. The molecule has 10 heteroatoms. The van der Waals surface area contributed by atoms with Gasteiger partial charge < -0.3 is 15.0 Å². The van der Waals surface area contributed by atoms with Crippen LogP contribution in [0.15, 0.2) is 91.3 Å². The number of pyridine rings is 1. The van der Waals surface area contributed by atoms with E-state index in [-0.39, 0.29) is 29.2 Å². The second kappa shape index (κ2) is 8.88.